The minimum atomic E-state index is -0.432. The van der Waals surface area contributed by atoms with Crippen molar-refractivity contribution < 1.29 is 4.39 Å². The van der Waals surface area contributed by atoms with E-state index < -0.39 is 5.82 Å². The number of hydrogen-bond donors (Lipinski definition) is 0. The molecule has 3 heterocycles. The van der Waals surface area contributed by atoms with Gasteiger partial charge in [0.15, 0.2) is 0 Å². The molecule has 134 valence electrons. The Labute approximate surface area is 160 Å². The number of fused-ring (bicyclic) bond motifs is 1. The molecule has 0 aliphatic carbocycles. The highest BCUT2D eigenvalue weighted by atomic mass is 35.5. The first-order valence-corrected chi connectivity index (χ1v) is 9.02. The van der Waals surface area contributed by atoms with Crippen LogP contribution >= 0.6 is 23.2 Å². The number of anilines is 2. The zero-order valence-corrected chi connectivity index (χ0v) is 15.6. The predicted octanol–water partition coefficient (Wildman–Crippen LogP) is 4.11. The third-order valence-electron chi connectivity index (χ3n) is 4.52. The summed E-state index contributed by atoms with van der Waals surface area (Å²) in [6.45, 7) is 5.03. The number of aryl methyl sites for hydroxylation is 1. The molecule has 0 unspecified atom stereocenters. The smallest absolute Gasteiger partial charge is 0.224 e. The maximum absolute atomic E-state index is 13.9. The highest BCUT2D eigenvalue weighted by Crippen LogP contribution is 2.30. The van der Waals surface area contributed by atoms with E-state index >= 15 is 0 Å². The van der Waals surface area contributed by atoms with Crippen LogP contribution in [0.1, 0.15) is 5.69 Å². The molecule has 1 aliphatic heterocycles. The van der Waals surface area contributed by atoms with Gasteiger partial charge in [0.25, 0.3) is 0 Å². The lowest BCUT2D eigenvalue weighted by Crippen LogP contribution is -2.47. The molecule has 0 radical (unpaired) electrons. The molecule has 0 N–H and O–H groups in total. The molecule has 4 rings (SSSR count). The summed E-state index contributed by atoms with van der Waals surface area (Å²) in [5.41, 5.74) is 2.49. The molecule has 5 nitrogen and oxygen atoms in total. The van der Waals surface area contributed by atoms with Crippen molar-refractivity contribution in [2.45, 2.75) is 6.92 Å². The monoisotopic (exact) mass is 391 g/mol. The molecule has 1 saturated heterocycles. The van der Waals surface area contributed by atoms with Crippen LogP contribution in [0.2, 0.25) is 10.3 Å². The van der Waals surface area contributed by atoms with E-state index in [1.165, 1.54) is 6.07 Å². The second-order valence-corrected chi connectivity index (χ2v) is 6.97. The van der Waals surface area contributed by atoms with Gasteiger partial charge in [-0.2, -0.15) is 0 Å². The van der Waals surface area contributed by atoms with Gasteiger partial charge in [-0.15, -0.1) is 0 Å². The summed E-state index contributed by atoms with van der Waals surface area (Å²) in [5, 5.41) is 1.11. The maximum atomic E-state index is 13.9. The van der Waals surface area contributed by atoms with E-state index in [-0.39, 0.29) is 10.3 Å². The van der Waals surface area contributed by atoms with E-state index in [1.807, 2.05) is 19.1 Å². The summed E-state index contributed by atoms with van der Waals surface area (Å²) in [7, 11) is 0. The molecule has 1 fully saturated rings. The fourth-order valence-electron chi connectivity index (χ4n) is 3.26. The van der Waals surface area contributed by atoms with Crippen LogP contribution in [0.25, 0.3) is 10.9 Å². The Bertz CT molecular complexity index is 953. The highest BCUT2D eigenvalue weighted by Gasteiger charge is 2.21. The van der Waals surface area contributed by atoms with Crippen molar-refractivity contribution in [1.29, 1.82) is 0 Å². The lowest BCUT2D eigenvalue weighted by molar-refractivity contribution is 0.629. The number of pyridine rings is 1. The van der Waals surface area contributed by atoms with Crippen molar-refractivity contribution in [3.63, 3.8) is 0 Å². The first kappa shape index (κ1) is 17.2. The van der Waals surface area contributed by atoms with Gasteiger partial charge in [-0.25, -0.2) is 14.4 Å². The zero-order valence-electron chi connectivity index (χ0n) is 14.1. The van der Waals surface area contributed by atoms with Crippen molar-refractivity contribution in [3.05, 3.63) is 52.3 Å². The number of hydrogen-bond acceptors (Lipinski definition) is 5. The van der Waals surface area contributed by atoms with E-state index in [4.69, 9.17) is 23.2 Å². The van der Waals surface area contributed by atoms with Crippen LogP contribution in [-0.2, 0) is 0 Å². The number of benzene rings is 1. The number of halogens is 3. The van der Waals surface area contributed by atoms with Gasteiger partial charge < -0.3 is 9.80 Å². The summed E-state index contributed by atoms with van der Waals surface area (Å²) in [6, 6.07) is 6.87. The van der Waals surface area contributed by atoms with Gasteiger partial charge in [0.05, 0.1) is 10.5 Å². The third-order valence-corrected chi connectivity index (χ3v) is 4.98. The quantitative estimate of drug-likeness (QED) is 0.615. The van der Waals surface area contributed by atoms with E-state index in [1.54, 1.807) is 12.3 Å². The average molecular weight is 392 g/mol. The van der Waals surface area contributed by atoms with Crippen molar-refractivity contribution in [1.82, 2.24) is 15.0 Å². The Morgan fingerprint density at radius 1 is 1.00 bits per heavy atom. The van der Waals surface area contributed by atoms with Gasteiger partial charge in [0, 0.05) is 55.2 Å². The molecule has 1 aliphatic rings. The molecule has 0 amide bonds. The number of rotatable bonds is 2. The number of aromatic nitrogens is 3. The lowest BCUT2D eigenvalue weighted by Gasteiger charge is -2.37. The van der Waals surface area contributed by atoms with E-state index in [9.17, 15) is 4.39 Å². The van der Waals surface area contributed by atoms with Gasteiger partial charge in [-0.1, -0.05) is 11.6 Å². The Balaban J connectivity index is 1.58. The van der Waals surface area contributed by atoms with E-state index in [0.717, 1.165) is 48.8 Å². The first-order valence-electron chi connectivity index (χ1n) is 8.26. The van der Waals surface area contributed by atoms with Crippen molar-refractivity contribution in [2.75, 3.05) is 36.0 Å². The van der Waals surface area contributed by atoms with Crippen molar-refractivity contribution >= 4 is 45.6 Å². The van der Waals surface area contributed by atoms with E-state index in [0.29, 0.717) is 5.52 Å². The molecule has 1 aromatic carbocycles. The fourth-order valence-corrected chi connectivity index (χ4v) is 3.63. The topological polar surface area (TPSA) is 45.2 Å². The summed E-state index contributed by atoms with van der Waals surface area (Å²) in [5.74, 6) is 0.401. The SMILES string of the molecule is Cc1cc(N2CCN(c3ccnc4cc(Cl)c(F)cc34)CC2)nc(Cl)n1. The highest BCUT2D eigenvalue weighted by molar-refractivity contribution is 6.31. The Morgan fingerprint density at radius 3 is 2.46 bits per heavy atom. The third kappa shape index (κ3) is 3.27. The average Bonchev–Trinajstić information content (AvgIpc) is 2.62. The molecule has 2 aromatic heterocycles. The summed E-state index contributed by atoms with van der Waals surface area (Å²) in [4.78, 5) is 17.1. The second kappa shape index (κ2) is 6.85. The van der Waals surface area contributed by atoms with Crippen molar-refractivity contribution in [3.8, 4) is 0 Å². The predicted molar refractivity (Wildman–Crippen MR) is 103 cm³/mol. The molecular weight excluding hydrogens is 376 g/mol. The van der Waals surface area contributed by atoms with Gasteiger partial charge in [0.2, 0.25) is 5.28 Å². The molecule has 0 saturated carbocycles. The Morgan fingerprint density at radius 2 is 1.73 bits per heavy atom. The van der Waals surface area contributed by atoms with Gasteiger partial charge in [-0.3, -0.25) is 4.98 Å². The van der Waals surface area contributed by atoms with Crippen LogP contribution in [-0.4, -0.2) is 41.1 Å². The Kier molecular flexibility index (Phi) is 4.54. The Hall–Kier alpha value is -2.18. The van der Waals surface area contributed by atoms with E-state index in [2.05, 4.69) is 24.8 Å². The number of nitrogens with zero attached hydrogens (tertiary/aromatic N) is 5. The van der Waals surface area contributed by atoms with Gasteiger partial charge >= 0.3 is 0 Å². The van der Waals surface area contributed by atoms with Crippen molar-refractivity contribution in [2.24, 2.45) is 0 Å². The largest absolute Gasteiger partial charge is 0.367 e. The maximum Gasteiger partial charge on any atom is 0.224 e. The second-order valence-electron chi connectivity index (χ2n) is 6.22. The fraction of sp³-hybridized carbons (Fsp3) is 0.278. The lowest BCUT2D eigenvalue weighted by atomic mass is 10.1. The molecule has 0 spiro atoms. The molecule has 8 heteroatoms. The molecular formula is C18H16Cl2FN5. The minimum absolute atomic E-state index is 0.0861. The minimum Gasteiger partial charge on any atom is -0.367 e. The van der Waals surface area contributed by atoms with Crippen LogP contribution < -0.4 is 9.80 Å². The number of piperazine rings is 1. The standard InChI is InChI=1S/C18H16Cl2FN5/c1-11-8-17(24-18(20)23-11)26-6-4-25(5-7-26)16-2-3-22-15-10-13(19)14(21)9-12(15)16/h2-3,8-10H,4-7H2,1H3. The summed E-state index contributed by atoms with van der Waals surface area (Å²) >= 11 is 11.9. The van der Waals surface area contributed by atoms with Crippen LogP contribution in [0.15, 0.2) is 30.5 Å². The van der Waals surface area contributed by atoms with Crippen LogP contribution in [0.5, 0.6) is 0 Å². The summed E-state index contributed by atoms with van der Waals surface area (Å²) < 4.78 is 13.9. The molecule has 3 aromatic rings. The zero-order chi connectivity index (χ0) is 18.3. The summed E-state index contributed by atoms with van der Waals surface area (Å²) in [6.07, 6.45) is 1.73. The normalized spacial score (nSPS) is 14.9. The van der Waals surface area contributed by atoms with Gasteiger partial charge in [0.1, 0.15) is 11.6 Å². The molecule has 0 bridgehead atoms. The van der Waals surface area contributed by atoms with Crippen LogP contribution in [0.3, 0.4) is 0 Å². The first-order chi connectivity index (χ1) is 12.5. The molecule has 26 heavy (non-hydrogen) atoms. The van der Waals surface area contributed by atoms with Crippen LogP contribution in [0.4, 0.5) is 15.9 Å². The van der Waals surface area contributed by atoms with Crippen LogP contribution in [0, 0.1) is 12.7 Å². The van der Waals surface area contributed by atoms with Gasteiger partial charge in [-0.05, 0) is 36.7 Å². The molecule has 0 atom stereocenters.